The molecule has 0 fully saturated rings. The van der Waals surface area contributed by atoms with E-state index in [0.29, 0.717) is 0 Å². The van der Waals surface area contributed by atoms with Gasteiger partial charge >= 0.3 is 12.0 Å². The van der Waals surface area contributed by atoms with E-state index < -0.39 is 22.0 Å². The van der Waals surface area contributed by atoms with Crippen molar-refractivity contribution < 1.29 is 23.1 Å². The van der Waals surface area contributed by atoms with E-state index in [-0.39, 0.29) is 10.5 Å². The van der Waals surface area contributed by atoms with Gasteiger partial charge in [0, 0.05) is 7.05 Å². The Bertz CT molecular complexity index is 535. The zero-order valence-corrected chi connectivity index (χ0v) is 9.61. The maximum absolute atomic E-state index is 11.6. The van der Waals surface area contributed by atoms with Gasteiger partial charge in [-0.3, -0.25) is 0 Å². The Hall–Kier alpha value is -2.09. The summed E-state index contributed by atoms with van der Waals surface area (Å²) < 4.78 is 24.9. The molecule has 0 aromatic heterocycles. The second-order valence-corrected chi connectivity index (χ2v) is 4.70. The molecule has 0 spiro atoms. The van der Waals surface area contributed by atoms with Gasteiger partial charge in [-0.05, 0) is 24.3 Å². The third kappa shape index (κ3) is 3.18. The Kier molecular flexibility index (Phi) is 3.69. The predicted octanol–water partition coefficient (Wildman–Crippen LogP) is 0.00250. The summed E-state index contributed by atoms with van der Waals surface area (Å²) in [6.07, 6.45) is 0. The lowest BCUT2D eigenvalue weighted by molar-refractivity contribution is 0.0696. The fourth-order valence-electron chi connectivity index (χ4n) is 1.01. The summed E-state index contributed by atoms with van der Waals surface area (Å²) in [5.41, 5.74) is -0.0381. The lowest BCUT2D eigenvalue weighted by Crippen LogP contribution is -2.37. The van der Waals surface area contributed by atoms with E-state index in [1.807, 2.05) is 0 Å². The van der Waals surface area contributed by atoms with Crippen molar-refractivity contribution in [2.24, 2.45) is 0 Å². The van der Waals surface area contributed by atoms with Crippen LogP contribution in [0.3, 0.4) is 0 Å². The number of hydrogen-bond acceptors (Lipinski definition) is 4. The van der Waals surface area contributed by atoms with Crippen molar-refractivity contribution in [2.75, 3.05) is 7.05 Å². The molecule has 7 nitrogen and oxygen atoms in total. The van der Waals surface area contributed by atoms with Crippen LogP contribution in [-0.4, -0.2) is 32.6 Å². The molecule has 0 atom stereocenters. The van der Waals surface area contributed by atoms with Gasteiger partial charge in [-0.15, -0.1) is 0 Å². The van der Waals surface area contributed by atoms with Crippen LogP contribution in [0.15, 0.2) is 29.2 Å². The Balaban J connectivity index is 3.00. The fourth-order valence-corrected chi connectivity index (χ4v) is 1.97. The van der Waals surface area contributed by atoms with Crippen molar-refractivity contribution in [1.29, 1.82) is 0 Å². The molecule has 0 radical (unpaired) electrons. The number of carboxylic acids is 1. The average molecular weight is 258 g/mol. The molecule has 0 saturated heterocycles. The number of hydrogen-bond donors (Lipinski definition) is 3. The first kappa shape index (κ1) is 13.0. The van der Waals surface area contributed by atoms with Gasteiger partial charge in [0.1, 0.15) is 0 Å². The Labute approximate surface area is 97.5 Å². The molecule has 0 aliphatic carbocycles. The van der Waals surface area contributed by atoms with Gasteiger partial charge in [0.2, 0.25) is 0 Å². The molecular weight excluding hydrogens is 248 g/mol. The molecular formula is C9H10N2O5S. The molecule has 1 aromatic carbocycles. The number of nitrogens with one attached hydrogen (secondary N) is 2. The SMILES string of the molecule is CNC(=O)NS(=O)(=O)c1ccc(C(=O)O)cc1. The quantitative estimate of drug-likeness (QED) is 0.706. The molecule has 0 saturated carbocycles. The van der Waals surface area contributed by atoms with Crippen LogP contribution in [0.4, 0.5) is 4.79 Å². The smallest absolute Gasteiger partial charge is 0.335 e. The Morgan fingerprint density at radius 3 is 2.12 bits per heavy atom. The van der Waals surface area contributed by atoms with Crippen molar-refractivity contribution in [3.63, 3.8) is 0 Å². The molecule has 0 unspecified atom stereocenters. The van der Waals surface area contributed by atoms with Crippen LogP contribution in [0.5, 0.6) is 0 Å². The maximum atomic E-state index is 11.6. The first-order valence-corrected chi connectivity index (χ1v) is 5.93. The minimum absolute atomic E-state index is 0.0381. The minimum atomic E-state index is -3.97. The lowest BCUT2D eigenvalue weighted by atomic mass is 10.2. The molecule has 0 heterocycles. The van der Waals surface area contributed by atoms with Gasteiger partial charge in [-0.2, -0.15) is 0 Å². The first-order valence-electron chi connectivity index (χ1n) is 4.44. The topological polar surface area (TPSA) is 113 Å². The molecule has 92 valence electrons. The summed E-state index contributed by atoms with van der Waals surface area (Å²) >= 11 is 0. The minimum Gasteiger partial charge on any atom is -0.478 e. The standard InChI is InChI=1S/C9H10N2O5S/c1-10-9(14)11-17(15,16)7-4-2-6(3-5-7)8(12)13/h2-5H,1H3,(H,12,13)(H2,10,11,14). The van der Waals surface area contributed by atoms with Gasteiger partial charge in [-0.25, -0.2) is 22.7 Å². The van der Waals surface area contributed by atoms with Crippen molar-refractivity contribution in [1.82, 2.24) is 10.0 Å². The fraction of sp³-hybridized carbons (Fsp3) is 0.111. The largest absolute Gasteiger partial charge is 0.478 e. The van der Waals surface area contributed by atoms with E-state index in [9.17, 15) is 18.0 Å². The summed E-state index contributed by atoms with van der Waals surface area (Å²) in [6.45, 7) is 0. The van der Waals surface area contributed by atoms with E-state index in [1.165, 1.54) is 7.05 Å². The Morgan fingerprint density at radius 2 is 1.71 bits per heavy atom. The molecule has 1 aromatic rings. The highest BCUT2D eigenvalue weighted by atomic mass is 32.2. The second-order valence-electron chi connectivity index (χ2n) is 3.01. The number of rotatable bonds is 3. The lowest BCUT2D eigenvalue weighted by Gasteiger charge is -2.06. The van der Waals surface area contributed by atoms with Gasteiger partial charge < -0.3 is 10.4 Å². The number of carbonyl (C=O) groups excluding carboxylic acids is 1. The van der Waals surface area contributed by atoms with Crippen LogP contribution >= 0.6 is 0 Å². The maximum Gasteiger partial charge on any atom is 0.335 e. The number of benzene rings is 1. The zero-order valence-electron chi connectivity index (χ0n) is 8.80. The molecule has 0 bridgehead atoms. The molecule has 3 N–H and O–H groups in total. The number of urea groups is 1. The number of sulfonamides is 1. The molecule has 0 aliphatic heterocycles. The van der Waals surface area contributed by atoms with E-state index in [1.54, 1.807) is 4.72 Å². The van der Waals surface area contributed by atoms with Gasteiger partial charge in [0.15, 0.2) is 0 Å². The van der Waals surface area contributed by atoms with Crippen LogP contribution < -0.4 is 10.0 Å². The second kappa shape index (κ2) is 4.83. The van der Waals surface area contributed by atoms with Crippen molar-refractivity contribution >= 4 is 22.0 Å². The highest BCUT2D eigenvalue weighted by molar-refractivity contribution is 7.90. The van der Waals surface area contributed by atoms with E-state index in [2.05, 4.69) is 5.32 Å². The molecule has 2 amide bonds. The third-order valence-electron chi connectivity index (χ3n) is 1.87. The predicted molar refractivity (Wildman–Crippen MR) is 58.2 cm³/mol. The summed E-state index contributed by atoms with van der Waals surface area (Å²) in [6, 6.07) is 3.62. The average Bonchev–Trinajstić information content (AvgIpc) is 2.28. The number of amides is 2. The normalized spacial score (nSPS) is 10.6. The van der Waals surface area contributed by atoms with Crippen molar-refractivity contribution in [2.45, 2.75) is 4.90 Å². The highest BCUT2D eigenvalue weighted by Gasteiger charge is 2.17. The van der Waals surface area contributed by atoms with Gasteiger partial charge in [-0.1, -0.05) is 0 Å². The van der Waals surface area contributed by atoms with E-state index in [4.69, 9.17) is 5.11 Å². The summed E-state index contributed by atoms with van der Waals surface area (Å²) in [4.78, 5) is 21.2. The number of aromatic carboxylic acids is 1. The first-order chi connectivity index (χ1) is 7.86. The van der Waals surface area contributed by atoms with Crippen molar-refractivity contribution in [3.05, 3.63) is 29.8 Å². The third-order valence-corrected chi connectivity index (χ3v) is 3.21. The zero-order chi connectivity index (χ0) is 13.1. The van der Waals surface area contributed by atoms with E-state index >= 15 is 0 Å². The van der Waals surface area contributed by atoms with Crippen LogP contribution in [0.2, 0.25) is 0 Å². The molecule has 0 aliphatic rings. The molecule has 1 rings (SSSR count). The van der Waals surface area contributed by atoms with Gasteiger partial charge in [0.25, 0.3) is 10.0 Å². The number of carboxylic acid groups (broad SMARTS) is 1. The van der Waals surface area contributed by atoms with Crippen LogP contribution in [0.1, 0.15) is 10.4 Å². The monoisotopic (exact) mass is 258 g/mol. The number of carbonyl (C=O) groups is 2. The van der Waals surface area contributed by atoms with Gasteiger partial charge in [0.05, 0.1) is 10.5 Å². The summed E-state index contributed by atoms with van der Waals surface area (Å²) in [7, 11) is -2.69. The Morgan fingerprint density at radius 1 is 1.18 bits per heavy atom. The van der Waals surface area contributed by atoms with E-state index in [0.717, 1.165) is 24.3 Å². The van der Waals surface area contributed by atoms with Crippen molar-refractivity contribution in [3.8, 4) is 0 Å². The molecule has 8 heteroatoms. The summed E-state index contributed by atoms with van der Waals surface area (Å²) in [5.74, 6) is -1.16. The molecule has 17 heavy (non-hydrogen) atoms. The van der Waals surface area contributed by atoms with Crippen LogP contribution in [0.25, 0.3) is 0 Å². The highest BCUT2D eigenvalue weighted by Crippen LogP contribution is 2.10. The van der Waals surface area contributed by atoms with Crippen LogP contribution in [-0.2, 0) is 10.0 Å². The van der Waals surface area contributed by atoms with Crippen LogP contribution in [0, 0.1) is 0 Å². The summed E-state index contributed by atoms with van der Waals surface area (Å²) in [5, 5.41) is 10.7.